The molecule has 0 bridgehead atoms. The lowest BCUT2D eigenvalue weighted by atomic mass is 10.1. The smallest absolute Gasteiger partial charge is 0.331 e. The van der Waals surface area contributed by atoms with Crippen LogP contribution in [0.1, 0.15) is 12.0 Å². The van der Waals surface area contributed by atoms with E-state index in [1.165, 1.54) is 20.5 Å². The summed E-state index contributed by atoms with van der Waals surface area (Å²) in [6.45, 7) is 1.97. The van der Waals surface area contributed by atoms with E-state index in [9.17, 15) is 9.59 Å². The molecule has 3 aromatic rings. The Bertz CT molecular complexity index is 1080. The molecule has 2 aromatic heterocycles. The fraction of sp³-hybridized carbons (Fsp3) is 0.294. The first-order chi connectivity index (χ1) is 11.9. The molecule has 0 radical (unpaired) electrons. The quantitative estimate of drug-likeness (QED) is 0.731. The average Bonchev–Trinajstić information content (AvgIpc) is 2.93. The number of nitrogens with zero attached hydrogens (tertiary/aromatic N) is 2. The van der Waals surface area contributed by atoms with Gasteiger partial charge in [-0.25, -0.2) is 4.79 Å². The number of fused-ring (bicyclic) bond motifs is 1. The summed E-state index contributed by atoms with van der Waals surface area (Å²) in [6.07, 6.45) is 0.351. The van der Waals surface area contributed by atoms with Crippen LogP contribution in [0.15, 0.2) is 27.8 Å². The lowest BCUT2D eigenvalue weighted by Gasteiger charge is -2.07. The van der Waals surface area contributed by atoms with Crippen molar-refractivity contribution in [1.29, 1.82) is 0 Å². The van der Waals surface area contributed by atoms with Crippen LogP contribution >= 0.6 is 34.5 Å². The number of hydrogen-bond donors (Lipinski definition) is 1. The Morgan fingerprint density at radius 2 is 1.92 bits per heavy atom. The topological polar surface area (TPSA) is 64.2 Å². The minimum atomic E-state index is -0.382. The minimum Gasteiger partial charge on any atom is -0.396 e. The van der Waals surface area contributed by atoms with Gasteiger partial charge in [-0.15, -0.1) is 11.3 Å². The van der Waals surface area contributed by atoms with E-state index in [1.54, 1.807) is 19.2 Å². The Morgan fingerprint density at radius 1 is 1.20 bits per heavy atom. The third kappa shape index (κ3) is 3.04. The van der Waals surface area contributed by atoms with Crippen molar-refractivity contribution in [2.75, 3.05) is 6.61 Å². The molecule has 0 amide bonds. The van der Waals surface area contributed by atoms with Gasteiger partial charge in [0.2, 0.25) is 0 Å². The lowest BCUT2D eigenvalue weighted by molar-refractivity contribution is 0.277. The average molecular weight is 399 g/mol. The van der Waals surface area contributed by atoms with Crippen LogP contribution in [0.5, 0.6) is 0 Å². The number of aliphatic hydroxyl groups excluding tert-OH is 1. The fourth-order valence-corrected chi connectivity index (χ4v) is 4.36. The first-order valence-electron chi connectivity index (χ1n) is 7.66. The summed E-state index contributed by atoms with van der Waals surface area (Å²) in [5.74, 6) is 0. The van der Waals surface area contributed by atoms with Crippen molar-refractivity contribution < 1.29 is 5.11 Å². The van der Waals surface area contributed by atoms with Gasteiger partial charge in [0, 0.05) is 25.1 Å². The number of halogens is 2. The molecule has 132 valence electrons. The van der Waals surface area contributed by atoms with Crippen molar-refractivity contribution >= 4 is 44.8 Å². The highest BCUT2D eigenvalue weighted by Crippen LogP contribution is 2.38. The van der Waals surface area contributed by atoms with E-state index in [1.807, 2.05) is 13.0 Å². The van der Waals surface area contributed by atoms with Gasteiger partial charge in [0.05, 0.1) is 15.4 Å². The summed E-state index contributed by atoms with van der Waals surface area (Å²) in [6, 6.07) is 5.31. The standard InChI is InChI=1S/C17H16Cl2N2O3S/c1-9-13-15(23)21(6-3-7-22)17(24)20(2)16(13)25-14(9)10-4-5-11(18)12(19)8-10/h4-5,8,22H,3,6-7H2,1-2H3. The summed E-state index contributed by atoms with van der Waals surface area (Å²) in [5.41, 5.74) is 0.943. The number of benzene rings is 1. The molecule has 0 saturated heterocycles. The highest BCUT2D eigenvalue weighted by Gasteiger charge is 2.19. The fourth-order valence-electron chi connectivity index (χ4n) is 2.81. The summed E-state index contributed by atoms with van der Waals surface area (Å²) in [5, 5.41) is 10.4. The molecule has 0 saturated carbocycles. The van der Waals surface area contributed by atoms with Crippen molar-refractivity contribution in [3.8, 4) is 10.4 Å². The van der Waals surface area contributed by atoms with E-state index in [4.69, 9.17) is 28.3 Å². The van der Waals surface area contributed by atoms with E-state index >= 15 is 0 Å². The van der Waals surface area contributed by atoms with Crippen LogP contribution in [0, 0.1) is 6.92 Å². The number of aromatic nitrogens is 2. The Balaban J connectivity index is 2.31. The van der Waals surface area contributed by atoms with Gasteiger partial charge in [-0.3, -0.25) is 13.9 Å². The number of rotatable bonds is 4. The van der Waals surface area contributed by atoms with Gasteiger partial charge < -0.3 is 5.11 Å². The molecular weight excluding hydrogens is 383 g/mol. The molecule has 0 aliphatic heterocycles. The number of aryl methyl sites for hydroxylation is 2. The Hall–Kier alpha value is -1.60. The zero-order valence-corrected chi connectivity index (χ0v) is 16.0. The van der Waals surface area contributed by atoms with Crippen LogP contribution in [0.25, 0.3) is 20.7 Å². The minimum absolute atomic E-state index is 0.0786. The molecule has 25 heavy (non-hydrogen) atoms. The maximum Gasteiger partial charge on any atom is 0.331 e. The molecule has 0 aliphatic rings. The highest BCUT2D eigenvalue weighted by atomic mass is 35.5. The van der Waals surface area contributed by atoms with Crippen molar-refractivity contribution in [2.24, 2.45) is 7.05 Å². The van der Waals surface area contributed by atoms with Crippen molar-refractivity contribution in [2.45, 2.75) is 19.9 Å². The second-order valence-electron chi connectivity index (χ2n) is 5.74. The molecule has 2 heterocycles. The van der Waals surface area contributed by atoms with E-state index in [0.29, 0.717) is 26.7 Å². The maximum absolute atomic E-state index is 12.8. The van der Waals surface area contributed by atoms with Crippen molar-refractivity contribution in [3.63, 3.8) is 0 Å². The number of aliphatic hydroxyl groups is 1. The molecular formula is C17H16Cl2N2O3S. The van der Waals surface area contributed by atoms with E-state index in [0.717, 1.165) is 16.0 Å². The normalized spacial score (nSPS) is 11.4. The van der Waals surface area contributed by atoms with E-state index < -0.39 is 0 Å². The summed E-state index contributed by atoms with van der Waals surface area (Å²) in [7, 11) is 1.65. The molecule has 0 fully saturated rings. The Morgan fingerprint density at radius 3 is 2.56 bits per heavy atom. The first-order valence-corrected chi connectivity index (χ1v) is 9.23. The third-order valence-electron chi connectivity index (χ3n) is 4.13. The molecule has 0 spiro atoms. The number of hydrogen-bond acceptors (Lipinski definition) is 4. The van der Waals surface area contributed by atoms with Crippen LogP contribution in [0.3, 0.4) is 0 Å². The van der Waals surface area contributed by atoms with Gasteiger partial charge in [0.25, 0.3) is 5.56 Å². The molecule has 0 unspecified atom stereocenters. The molecule has 0 atom stereocenters. The molecule has 0 aliphatic carbocycles. The predicted molar refractivity (Wildman–Crippen MR) is 103 cm³/mol. The largest absolute Gasteiger partial charge is 0.396 e. The van der Waals surface area contributed by atoms with Crippen LogP contribution in [-0.4, -0.2) is 20.8 Å². The van der Waals surface area contributed by atoms with E-state index in [-0.39, 0.29) is 24.4 Å². The second-order valence-corrected chi connectivity index (χ2v) is 7.55. The van der Waals surface area contributed by atoms with Crippen LogP contribution < -0.4 is 11.2 Å². The SMILES string of the molecule is Cc1c(-c2ccc(Cl)c(Cl)c2)sc2c1c(=O)n(CCCO)c(=O)n2C. The van der Waals surface area contributed by atoms with Gasteiger partial charge in [-0.2, -0.15) is 0 Å². The van der Waals surface area contributed by atoms with Crippen LogP contribution in [0.4, 0.5) is 0 Å². The molecule has 1 N–H and O–H groups in total. The zero-order valence-electron chi connectivity index (χ0n) is 13.7. The molecule has 3 rings (SSSR count). The predicted octanol–water partition coefficient (Wildman–Crippen LogP) is 3.43. The van der Waals surface area contributed by atoms with Crippen LogP contribution in [-0.2, 0) is 13.6 Å². The number of thiophene rings is 1. The van der Waals surface area contributed by atoms with Crippen molar-refractivity contribution in [3.05, 3.63) is 54.6 Å². The molecule has 1 aromatic carbocycles. The third-order valence-corrected chi connectivity index (χ3v) is 6.29. The van der Waals surface area contributed by atoms with Crippen LogP contribution in [0.2, 0.25) is 10.0 Å². The summed E-state index contributed by atoms with van der Waals surface area (Å²) < 4.78 is 2.66. The maximum atomic E-state index is 12.8. The van der Waals surface area contributed by atoms with E-state index in [2.05, 4.69) is 0 Å². The first kappa shape index (κ1) is 18.2. The molecule has 8 heteroatoms. The van der Waals surface area contributed by atoms with Gasteiger partial charge in [0.15, 0.2) is 0 Å². The second kappa shape index (κ2) is 6.96. The van der Waals surface area contributed by atoms with Gasteiger partial charge in [-0.05, 0) is 36.6 Å². The van der Waals surface area contributed by atoms with Gasteiger partial charge >= 0.3 is 5.69 Å². The lowest BCUT2D eigenvalue weighted by Crippen LogP contribution is -2.39. The zero-order chi connectivity index (χ0) is 18.3. The summed E-state index contributed by atoms with van der Waals surface area (Å²) >= 11 is 13.5. The Kier molecular flexibility index (Phi) is 5.06. The monoisotopic (exact) mass is 398 g/mol. The van der Waals surface area contributed by atoms with Gasteiger partial charge in [-0.1, -0.05) is 29.3 Å². The highest BCUT2D eigenvalue weighted by molar-refractivity contribution is 7.22. The summed E-state index contributed by atoms with van der Waals surface area (Å²) in [4.78, 5) is 26.8. The Labute approximate surface area is 157 Å². The molecule has 5 nitrogen and oxygen atoms in total. The van der Waals surface area contributed by atoms with Gasteiger partial charge in [0.1, 0.15) is 4.83 Å². The van der Waals surface area contributed by atoms with Crippen molar-refractivity contribution in [1.82, 2.24) is 9.13 Å².